The van der Waals surface area contributed by atoms with Crippen molar-refractivity contribution in [2.45, 2.75) is 12.8 Å². The van der Waals surface area contributed by atoms with Gasteiger partial charge in [-0.05, 0) is 63.2 Å². The van der Waals surface area contributed by atoms with Crippen molar-refractivity contribution in [2.24, 2.45) is 0 Å². The first kappa shape index (κ1) is 13.5. The number of hydrogen-bond donors (Lipinski definition) is 1. The molecule has 0 atom stereocenters. The van der Waals surface area contributed by atoms with Crippen molar-refractivity contribution in [3.8, 4) is 6.07 Å². The fourth-order valence-electron chi connectivity index (χ4n) is 3.50. The van der Waals surface area contributed by atoms with Crippen molar-refractivity contribution >= 4 is 33.6 Å². The SMILES string of the molecule is N#C/C(=C\c1cc2c3c(ccc4cccc(c43)CC2)c1)C(=O)O. The molecule has 0 fully saturated rings. The topological polar surface area (TPSA) is 61.1 Å². The maximum absolute atomic E-state index is 11.0. The summed E-state index contributed by atoms with van der Waals surface area (Å²) < 4.78 is 0. The summed E-state index contributed by atoms with van der Waals surface area (Å²) in [5.41, 5.74) is 3.12. The largest absolute Gasteiger partial charge is 0.477 e. The Morgan fingerprint density at radius 1 is 1.04 bits per heavy atom. The number of hydrogen-bond acceptors (Lipinski definition) is 2. The Hall–Kier alpha value is -3.12. The fourth-order valence-corrected chi connectivity index (χ4v) is 3.50. The Labute approximate surface area is 133 Å². The summed E-state index contributed by atoms with van der Waals surface area (Å²) in [6.45, 7) is 0. The summed E-state index contributed by atoms with van der Waals surface area (Å²) in [7, 11) is 0. The molecule has 0 aromatic heterocycles. The summed E-state index contributed by atoms with van der Waals surface area (Å²) >= 11 is 0. The Morgan fingerprint density at radius 3 is 2.57 bits per heavy atom. The van der Waals surface area contributed by atoms with Crippen LogP contribution in [-0.2, 0) is 17.6 Å². The van der Waals surface area contributed by atoms with Crippen molar-refractivity contribution in [2.75, 3.05) is 0 Å². The number of nitriles is 1. The van der Waals surface area contributed by atoms with Crippen molar-refractivity contribution in [1.82, 2.24) is 0 Å². The van der Waals surface area contributed by atoms with Gasteiger partial charge >= 0.3 is 5.97 Å². The van der Waals surface area contributed by atoms with Gasteiger partial charge in [-0.25, -0.2) is 4.79 Å². The van der Waals surface area contributed by atoms with Crippen LogP contribution in [0.15, 0.2) is 48.0 Å². The van der Waals surface area contributed by atoms with Gasteiger partial charge in [0.25, 0.3) is 0 Å². The molecule has 0 bridgehead atoms. The van der Waals surface area contributed by atoms with Crippen molar-refractivity contribution < 1.29 is 9.90 Å². The van der Waals surface area contributed by atoms with Crippen molar-refractivity contribution in [3.63, 3.8) is 0 Å². The summed E-state index contributed by atoms with van der Waals surface area (Å²) in [6, 6.07) is 16.3. The average Bonchev–Trinajstić information content (AvgIpc) is 2.57. The maximum atomic E-state index is 11.0. The highest BCUT2D eigenvalue weighted by molar-refractivity contribution is 6.12. The van der Waals surface area contributed by atoms with Crippen LogP contribution in [0.4, 0.5) is 0 Å². The first-order valence-corrected chi connectivity index (χ1v) is 7.50. The number of nitrogens with zero attached hydrogens (tertiary/aromatic N) is 1. The molecule has 23 heavy (non-hydrogen) atoms. The number of aliphatic carboxylic acids is 1. The highest BCUT2D eigenvalue weighted by Gasteiger charge is 2.16. The highest BCUT2D eigenvalue weighted by Crippen LogP contribution is 2.36. The average molecular weight is 299 g/mol. The number of carbonyl (C=O) groups is 1. The second-order valence-corrected chi connectivity index (χ2v) is 5.83. The normalized spacial score (nSPS) is 13.4. The van der Waals surface area contributed by atoms with Gasteiger partial charge in [-0.2, -0.15) is 5.26 Å². The van der Waals surface area contributed by atoms with E-state index < -0.39 is 5.97 Å². The molecule has 0 spiro atoms. The van der Waals surface area contributed by atoms with Gasteiger partial charge in [-0.15, -0.1) is 0 Å². The van der Waals surface area contributed by atoms with Crippen LogP contribution in [0.1, 0.15) is 16.7 Å². The molecule has 4 rings (SSSR count). The van der Waals surface area contributed by atoms with Gasteiger partial charge in [-0.1, -0.05) is 36.4 Å². The quantitative estimate of drug-likeness (QED) is 0.440. The first-order valence-electron chi connectivity index (χ1n) is 7.50. The lowest BCUT2D eigenvalue weighted by Gasteiger charge is -2.19. The number of aryl methyl sites for hydroxylation is 2. The zero-order chi connectivity index (χ0) is 16.0. The van der Waals surface area contributed by atoms with Gasteiger partial charge in [0.2, 0.25) is 0 Å². The third-order valence-electron chi connectivity index (χ3n) is 4.47. The van der Waals surface area contributed by atoms with Crippen LogP contribution in [0, 0.1) is 11.3 Å². The third kappa shape index (κ3) is 2.08. The van der Waals surface area contributed by atoms with E-state index in [9.17, 15) is 4.79 Å². The lowest BCUT2D eigenvalue weighted by Crippen LogP contribution is -2.02. The van der Waals surface area contributed by atoms with E-state index in [1.807, 2.05) is 12.1 Å². The molecule has 1 aliphatic carbocycles. The van der Waals surface area contributed by atoms with E-state index >= 15 is 0 Å². The zero-order valence-corrected chi connectivity index (χ0v) is 12.3. The molecule has 1 N–H and O–H groups in total. The highest BCUT2D eigenvalue weighted by atomic mass is 16.4. The molecule has 1 aliphatic rings. The van der Waals surface area contributed by atoms with Crippen LogP contribution in [-0.4, -0.2) is 11.1 Å². The number of carboxylic acid groups (broad SMARTS) is 1. The first-order chi connectivity index (χ1) is 11.2. The predicted octanol–water partition coefficient (Wildman–Crippen LogP) is 4.08. The van der Waals surface area contributed by atoms with Crippen LogP contribution >= 0.6 is 0 Å². The molecule has 0 saturated heterocycles. The van der Waals surface area contributed by atoms with Crippen molar-refractivity contribution in [1.29, 1.82) is 5.26 Å². The molecule has 110 valence electrons. The minimum atomic E-state index is -1.19. The van der Waals surface area contributed by atoms with Gasteiger partial charge in [-0.3, -0.25) is 0 Å². The molecular weight excluding hydrogens is 286 g/mol. The van der Waals surface area contributed by atoms with E-state index in [-0.39, 0.29) is 5.57 Å². The molecule has 0 aliphatic heterocycles. The molecule has 0 heterocycles. The van der Waals surface area contributed by atoms with Gasteiger partial charge in [0, 0.05) is 0 Å². The zero-order valence-electron chi connectivity index (χ0n) is 12.3. The summed E-state index contributed by atoms with van der Waals surface area (Å²) in [5.74, 6) is -1.19. The molecule has 0 saturated carbocycles. The summed E-state index contributed by atoms with van der Waals surface area (Å²) in [6.07, 6.45) is 3.37. The molecule has 3 heteroatoms. The molecule has 0 amide bonds. The van der Waals surface area contributed by atoms with Gasteiger partial charge in [0.05, 0.1) is 0 Å². The van der Waals surface area contributed by atoms with Crippen LogP contribution in [0.2, 0.25) is 0 Å². The second-order valence-electron chi connectivity index (χ2n) is 5.83. The van der Waals surface area contributed by atoms with Crippen molar-refractivity contribution in [3.05, 3.63) is 64.7 Å². The van der Waals surface area contributed by atoms with Crippen LogP contribution in [0.25, 0.3) is 27.6 Å². The summed E-state index contributed by atoms with van der Waals surface area (Å²) in [4.78, 5) is 11.0. The fraction of sp³-hybridized carbons (Fsp3) is 0.100. The van der Waals surface area contributed by atoms with Gasteiger partial charge in [0.1, 0.15) is 11.6 Å². The second kappa shape index (κ2) is 4.96. The van der Waals surface area contributed by atoms with E-state index in [2.05, 4.69) is 30.3 Å². The smallest absolute Gasteiger partial charge is 0.346 e. The molecule has 3 aromatic carbocycles. The van der Waals surface area contributed by atoms with Crippen LogP contribution in [0.5, 0.6) is 0 Å². The molecule has 0 unspecified atom stereocenters. The maximum Gasteiger partial charge on any atom is 0.346 e. The Kier molecular flexibility index (Phi) is 2.92. The lowest BCUT2D eigenvalue weighted by molar-refractivity contribution is -0.132. The molecular formula is C20H13NO2. The van der Waals surface area contributed by atoms with Crippen LogP contribution < -0.4 is 0 Å². The van der Waals surface area contributed by atoms with E-state index in [4.69, 9.17) is 10.4 Å². The van der Waals surface area contributed by atoms with Gasteiger partial charge < -0.3 is 5.11 Å². The Balaban J connectivity index is 2.04. The van der Waals surface area contributed by atoms with E-state index in [0.29, 0.717) is 0 Å². The number of benzene rings is 3. The third-order valence-corrected chi connectivity index (χ3v) is 4.47. The minimum Gasteiger partial charge on any atom is -0.477 e. The molecule has 0 radical (unpaired) electrons. The monoisotopic (exact) mass is 299 g/mol. The van der Waals surface area contributed by atoms with Crippen LogP contribution in [0.3, 0.4) is 0 Å². The van der Waals surface area contributed by atoms with E-state index in [1.165, 1.54) is 33.4 Å². The lowest BCUT2D eigenvalue weighted by atomic mass is 9.85. The van der Waals surface area contributed by atoms with E-state index in [0.717, 1.165) is 23.8 Å². The molecule has 3 aromatic rings. The minimum absolute atomic E-state index is 0.242. The molecule has 3 nitrogen and oxygen atoms in total. The summed E-state index contributed by atoms with van der Waals surface area (Å²) in [5, 5.41) is 22.9. The number of rotatable bonds is 2. The predicted molar refractivity (Wildman–Crippen MR) is 90.1 cm³/mol. The Bertz CT molecular complexity index is 1050. The standard InChI is InChI=1S/C20H13NO2/c21-11-17(20(22)23)10-12-8-15-6-4-13-2-1-3-14-5-7-16(9-12)19(15)18(13)14/h1-4,6,8-10H,5,7H2,(H,22,23)/b17-10+. The Morgan fingerprint density at radius 2 is 1.78 bits per heavy atom. The number of carboxylic acids is 1. The van der Waals surface area contributed by atoms with E-state index in [1.54, 1.807) is 6.07 Å². The van der Waals surface area contributed by atoms with Gasteiger partial charge in [0.15, 0.2) is 0 Å².